The lowest BCUT2D eigenvalue weighted by Crippen LogP contribution is -2.29. The maximum atomic E-state index is 6.14. The second-order valence-corrected chi connectivity index (χ2v) is 6.76. The maximum absolute atomic E-state index is 6.14. The molecule has 2 atom stereocenters. The van der Waals surface area contributed by atoms with Crippen molar-refractivity contribution in [1.82, 2.24) is 10.1 Å². The Hall–Kier alpha value is -0.940. The number of hydrogen-bond donors (Lipinski definition) is 1. The van der Waals surface area contributed by atoms with Gasteiger partial charge in [-0.15, -0.1) is 0 Å². The average Bonchev–Trinajstić information content (AvgIpc) is 2.75. The van der Waals surface area contributed by atoms with Gasteiger partial charge in [-0.25, -0.2) is 0 Å². The van der Waals surface area contributed by atoms with Crippen LogP contribution < -0.4 is 5.73 Å². The van der Waals surface area contributed by atoms with Crippen molar-refractivity contribution >= 4 is 0 Å². The average molecular weight is 283 g/mol. The number of nitrogens with zero attached hydrogens (tertiary/aromatic N) is 2. The normalized spacial score (nSPS) is 16.9. The minimum atomic E-state index is -0.482. The highest BCUT2D eigenvalue weighted by atomic mass is 16.5. The van der Waals surface area contributed by atoms with E-state index in [1.165, 1.54) is 0 Å². The van der Waals surface area contributed by atoms with Crippen molar-refractivity contribution in [2.45, 2.75) is 72.4 Å². The molecule has 1 aromatic rings. The van der Waals surface area contributed by atoms with Gasteiger partial charge in [-0.05, 0) is 32.1 Å². The molecule has 2 unspecified atom stereocenters. The lowest BCUT2D eigenvalue weighted by Gasteiger charge is -2.24. The molecule has 20 heavy (non-hydrogen) atoms. The van der Waals surface area contributed by atoms with E-state index in [1.807, 2.05) is 13.8 Å². The zero-order chi connectivity index (χ0) is 15.4. The Bertz CT molecular complexity index is 411. The molecule has 0 aromatic carbocycles. The third-order valence-electron chi connectivity index (χ3n) is 3.39. The van der Waals surface area contributed by atoms with Gasteiger partial charge in [0.25, 0.3) is 0 Å². The molecule has 1 rings (SSSR count). The third-order valence-corrected chi connectivity index (χ3v) is 3.39. The van der Waals surface area contributed by atoms with E-state index >= 15 is 0 Å². The van der Waals surface area contributed by atoms with Crippen LogP contribution in [0.2, 0.25) is 0 Å². The number of nitrogens with two attached hydrogens (primary N) is 1. The predicted octanol–water partition coefficient (Wildman–Crippen LogP) is 3.04. The molecule has 5 heteroatoms. The largest absolute Gasteiger partial charge is 0.367 e. The molecule has 0 fully saturated rings. The van der Waals surface area contributed by atoms with E-state index in [1.54, 1.807) is 0 Å². The van der Waals surface area contributed by atoms with Crippen LogP contribution in [0.4, 0.5) is 0 Å². The van der Waals surface area contributed by atoms with E-state index in [9.17, 15) is 0 Å². The summed E-state index contributed by atoms with van der Waals surface area (Å²) in [5, 5.41) is 4.06. The van der Waals surface area contributed by atoms with Gasteiger partial charge >= 0.3 is 0 Å². The van der Waals surface area contributed by atoms with Crippen molar-refractivity contribution in [2.24, 2.45) is 11.1 Å². The maximum Gasteiger partial charge on any atom is 0.228 e. The molecule has 1 heterocycles. The fourth-order valence-corrected chi connectivity index (χ4v) is 2.28. The summed E-state index contributed by atoms with van der Waals surface area (Å²) in [5.41, 5.74) is 5.86. The zero-order valence-corrected chi connectivity index (χ0v) is 13.7. The van der Waals surface area contributed by atoms with E-state index in [0.29, 0.717) is 24.7 Å². The van der Waals surface area contributed by atoms with E-state index in [2.05, 4.69) is 37.8 Å². The zero-order valence-electron chi connectivity index (χ0n) is 13.7. The van der Waals surface area contributed by atoms with Crippen LogP contribution in [0.3, 0.4) is 0 Å². The van der Waals surface area contributed by atoms with E-state index in [4.69, 9.17) is 15.0 Å². The molecule has 0 bridgehead atoms. The van der Waals surface area contributed by atoms with Gasteiger partial charge in [0.15, 0.2) is 0 Å². The Kier molecular flexibility index (Phi) is 5.71. The van der Waals surface area contributed by atoms with Crippen molar-refractivity contribution in [3.63, 3.8) is 0 Å². The summed E-state index contributed by atoms with van der Waals surface area (Å²) in [5.74, 6) is 1.20. The van der Waals surface area contributed by atoms with Gasteiger partial charge in [-0.2, -0.15) is 4.98 Å². The molecule has 2 N–H and O–H groups in total. The summed E-state index contributed by atoms with van der Waals surface area (Å²) in [6.45, 7) is 13.2. The van der Waals surface area contributed by atoms with Crippen LogP contribution in [0.25, 0.3) is 0 Å². The number of rotatable bonds is 7. The van der Waals surface area contributed by atoms with Gasteiger partial charge < -0.3 is 15.0 Å². The monoisotopic (exact) mass is 283 g/mol. The molecule has 0 saturated carbocycles. The second-order valence-electron chi connectivity index (χ2n) is 6.76. The lowest BCUT2D eigenvalue weighted by atomic mass is 9.87. The summed E-state index contributed by atoms with van der Waals surface area (Å²) >= 11 is 0. The molecule has 5 nitrogen and oxygen atoms in total. The van der Waals surface area contributed by atoms with Gasteiger partial charge in [-0.3, -0.25) is 0 Å². The fraction of sp³-hybridized carbons (Fsp3) is 0.867. The highest BCUT2D eigenvalue weighted by molar-refractivity contribution is 5.00. The van der Waals surface area contributed by atoms with E-state index < -0.39 is 5.60 Å². The van der Waals surface area contributed by atoms with Crippen LogP contribution in [-0.4, -0.2) is 22.8 Å². The Morgan fingerprint density at radius 1 is 1.25 bits per heavy atom. The highest BCUT2D eigenvalue weighted by Gasteiger charge is 2.31. The first kappa shape index (κ1) is 17.1. The number of aromatic nitrogens is 2. The van der Waals surface area contributed by atoms with Gasteiger partial charge in [0.2, 0.25) is 11.7 Å². The molecule has 0 radical (unpaired) electrons. The second kappa shape index (κ2) is 6.68. The van der Waals surface area contributed by atoms with Gasteiger partial charge in [0.05, 0.1) is 0 Å². The standard InChI is InChI=1S/C15H29N3O2/c1-7-15(6,19-8-2)13-17-12(20-18-13)9-11(16)10-14(3,4)5/h11H,7-10,16H2,1-6H3. The van der Waals surface area contributed by atoms with E-state index in [-0.39, 0.29) is 11.5 Å². The SMILES string of the molecule is CCOC(C)(CC)c1noc(CC(N)CC(C)(C)C)n1. The first-order chi connectivity index (χ1) is 9.20. The molecule has 1 aromatic heterocycles. The minimum Gasteiger partial charge on any atom is -0.367 e. The molecular weight excluding hydrogens is 254 g/mol. The van der Waals surface area contributed by atoms with Gasteiger partial charge in [0.1, 0.15) is 5.60 Å². The minimum absolute atomic E-state index is 0.0308. The van der Waals surface area contributed by atoms with Crippen LogP contribution in [0.1, 0.15) is 66.1 Å². The molecule has 116 valence electrons. The van der Waals surface area contributed by atoms with Gasteiger partial charge in [-0.1, -0.05) is 32.9 Å². The molecular formula is C15H29N3O2. The van der Waals surface area contributed by atoms with Crippen LogP contribution in [0.15, 0.2) is 4.52 Å². The quantitative estimate of drug-likeness (QED) is 0.832. The van der Waals surface area contributed by atoms with Crippen molar-refractivity contribution in [3.8, 4) is 0 Å². The van der Waals surface area contributed by atoms with Gasteiger partial charge in [0, 0.05) is 19.1 Å². The number of hydrogen-bond acceptors (Lipinski definition) is 5. The molecule has 0 aliphatic rings. The smallest absolute Gasteiger partial charge is 0.228 e. The summed E-state index contributed by atoms with van der Waals surface area (Å²) < 4.78 is 11.1. The number of ether oxygens (including phenoxy) is 1. The highest BCUT2D eigenvalue weighted by Crippen LogP contribution is 2.27. The first-order valence-corrected chi connectivity index (χ1v) is 7.43. The lowest BCUT2D eigenvalue weighted by molar-refractivity contribution is -0.0403. The van der Waals surface area contributed by atoms with Crippen molar-refractivity contribution in [2.75, 3.05) is 6.61 Å². The molecule has 0 amide bonds. The van der Waals surface area contributed by atoms with Crippen LogP contribution in [0, 0.1) is 5.41 Å². The van der Waals surface area contributed by atoms with Crippen molar-refractivity contribution in [3.05, 3.63) is 11.7 Å². The van der Waals surface area contributed by atoms with Crippen LogP contribution in [0.5, 0.6) is 0 Å². The summed E-state index contributed by atoms with van der Waals surface area (Å²) in [6, 6.07) is 0.0308. The van der Waals surface area contributed by atoms with Crippen LogP contribution >= 0.6 is 0 Å². The Balaban J connectivity index is 2.72. The summed E-state index contributed by atoms with van der Waals surface area (Å²) in [7, 11) is 0. The molecule has 0 aliphatic carbocycles. The Morgan fingerprint density at radius 2 is 1.90 bits per heavy atom. The van der Waals surface area contributed by atoms with Crippen molar-refractivity contribution < 1.29 is 9.26 Å². The fourth-order valence-electron chi connectivity index (χ4n) is 2.28. The molecule has 0 aliphatic heterocycles. The van der Waals surface area contributed by atoms with Crippen LogP contribution in [-0.2, 0) is 16.8 Å². The first-order valence-electron chi connectivity index (χ1n) is 7.43. The molecule has 0 spiro atoms. The Morgan fingerprint density at radius 3 is 2.40 bits per heavy atom. The predicted molar refractivity (Wildman–Crippen MR) is 79.3 cm³/mol. The topological polar surface area (TPSA) is 74.2 Å². The van der Waals surface area contributed by atoms with E-state index in [0.717, 1.165) is 12.8 Å². The third kappa shape index (κ3) is 4.87. The molecule has 0 saturated heterocycles. The van der Waals surface area contributed by atoms with Crippen molar-refractivity contribution in [1.29, 1.82) is 0 Å². The summed E-state index contributed by atoms with van der Waals surface area (Å²) in [4.78, 5) is 4.46. The summed E-state index contributed by atoms with van der Waals surface area (Å²) in [6.07, 6.45) is 2.32. The Labute approximate surface area is 122 Å².